The molecule has 5 N–H and O–H groups in total. The van der Waals surface area contributed by atoms with E-state index in [1.807, 2.05) is 0 Å². The van der Waals surface area contributed by atoms with Gasteiger partial charge in [-0.2, -0.15) is 0 Å². The predicted octanol–water partition coefficient (Wildman–Crippen LogP) is -0.236. The van der Waals surface area contributed by atoms with E-state index in [1.165, 1.54) is 38.5 Å². The van der Waals surface area contributed by atoms with Gasteiger partial charge in [-0.25, -0.2) is 0 Å². The van der Waals surface area contributed by atoms with Crippen molar-refractivity contribution in [2.24, 2.45) is 23.2 Å². The van der Waals surface area contributed by atoms with Crippen molar-refractivity contribution < 1.29 is 20.1 Å². The molecule has 0 aromatic carbocycles. The molecule has 0 radical (unpaired) electrons. The number of carbonyl (C=O) groups excluding carboxylic acids is 1. The van der Waals surface area contributed by atoms with E-state index in [-0.39, 0.29) is 17.9 Å². The number of nitrogens with one attached hydrogen (secondary N) is 2. The molecule has 5 rings (SSSR count). The maximum absolute atomic E-state index is 12.5. The van der Waals surface area contributed by atoms with Crippen molar-refractivity contribution in [3.8, 4) is 0 Å². The Morgan fingerprint density at radius 3 is 2.04 bits per heavy atom. The summed E-state index contributed by atoms with van der Waals surface area (Å²) >= 11 is 0. The Bertz CT molecular complexity index is 462. The first-order valence-electron chi connectivity index (χ1n) is 9.48. The van der Waals surface area contributed by atoms with Gasteiger partial charge in [-0.3, -0.25) is 4.79 Å². The third-order valence-electron chi connectivity index (χ3n) is 7.02. The molecule has 1 saturated heterocycles. The minimum absolute atomic E-state index is 0.0629. The van der Waals surface area contributed by atoms with Crippen LogP contribution in [0.2, 0.25) is 0 Å². The number of carbonyl (C=O) groups is 1. The van der Waals surface area contributed by atoms with Gasteiger partial charge in [0, 0.05) is 13.0 Å². The Balaban J connectivity index is 1.30. The van der Waals surface area contributed by atoms with Gasteiger partial charge >= 0.3 is 0 Å². The quantitative estimate of drug-likeness (QED) is 0.476. The topological polar surface area (TPSA) is 102 Å². The number of amides is 1. The number of aliphatic hydroxyl groups is 3. The summed E-state index contributed by atoms with van der Waals surface area (Å²) in [4.78, 5) is 12.5. The first-order valence-corrected chi connectivity index (χ1v) is 9.48. The molecule has 5 aliphatic rings. The molecule has 4 atom stereocenters. The highest BCUT2D eigenvalue weighted by atomic mass is 16.3. The maximum atomic E-state index is 12.5. The minimum atomic E-state index is -0.986. The van der Waals surface area contributed by atoms with Crippen molar-refractivity contribution in [3.63, 3.8) is 0 Å². The first kappa shape index (κ1) is 16.8. The van der Waals surface area contributed by atoms with E-state index in [4.69, 9.17) is 0 Å². The average molecular weight is 338 g/mol. The average Bonchev–Trinajstić information content (AvgIpc) is 2.78. The highest BCUT2D eigenvalue weighted by molar-refractivity contribution is 5.76. The van der Waals surface area contributed by atoms with Gasteiger partial charge in [-0.1, -0.05) is 0 Å². The van der Waals surface area contributed by atoms with Crippen LogP contribution in [0.15, 0.2) is 0 Å². The predicted molar refractivity (Wildman–Crippen MR) is 88.0 cm³/mol. The molecule has 6 heteroatoms. The van der Waals surface area contributed by atoms with Crippen LogP contribution in [0.3, 0.4) is 0 Å². The minimum Gasteiger partial charge on any atom is -0.395 e. The molecule has 5 fully saturated rings. The molecule has 1 aliphatic heterocycles. The van der Waals surface area contributed by atoms with Gasteiger partial charge in [0.1, 0.15) is 0 Å². The van der Waals surface area contributed by atoms with Gasteiger partial charge in [0.15, 0.2) is 0 Å². The lowest BCUT2D eigenvalue weighted by Gasteiger charge is -2.56. The largest absolute Gasteiger partial charge is 0.395 e. The Kier molecular flexibility index (Phi) is 4.35. The van der Waals surface area contributed by atoms with E-state index < -0.39 is 24.3 Å². The van der Waals surface area contributed by atoms with E-state index in [2.05, 4.69) is 10.6 Å². The van der Waals surface area contributed by atoms with Crippen LogP contribution in [-0.4, -0.2) is 58.7 Å². The van der Waals surface area contributed by atoms with Crippen molar-refractivity contribution in [2.45, 2.75) is 69.2 Å². The van der Waals surface area contributed by atoms with Crippen molar-refractivity contribution in [1.82, 2.24) is 10.6 Å². The van der Waals surface area contributed by atoms with Crippen LogP contribution < -0.4 is 10.6 Å². The molecule has 1 amide bonds. The van der Waals surface area contributed by atoms with Crippen LogP contribution in [0, 0.1) is 23.2 Å². The molecule has 1 heterocycles. The summed E-state index contributed by atoms with van der Waals surface area (Å²) in [7, 11) is 0. The van der Waals surface area contributed by atoms with Gasteiger partial charge in [0.05, 0.1) is 30.9 Å². The van der Waals surface area contributed by atoms with Gasteiger partial charge in [0.2, 0.25) is 5.91 Å². The van der Waals surface area contributed by atoms with Gasteiger partial charge < -0.3 is 26.0 Å². The van der Waals surface area contributed by atoms with Gasteiger partial charge in [-0.05, 0) is 61.7 Å². The Morgan fingerprint density at radius 1 is 1.00 bits per heavy atom. The summed E-state index contributed by atoms with van der Waals surface area (Å²) in [6, 6.07) is -0.928. The highest BCUT2D eigenvalue weighted by Crippen LogP contribution is 2.61. The Hall–Kier alpha value is -0.690. The zero-order valence-electron chi connectivity index (χ0n) is 14.2. The molecule has 0 unspecified atom stereocenters. The third-order valence-corrected chi connectivity index (χ3v) is 7.02. The van der Waals surface area contributed by atoms with Crippen LogP contribution in [0.25, 0.3) is 0 Å². The lowest BCUT2D eigenvalue weighted by atomic mass is 9.49. The maximum Gasteiger partial charge on any atom is 0.220 e. The molecule has 4 saturated carbocycles. The number of hydrogen-bond acceptors (Lipinski definition) is 5. The molecule has 136 valence electrons. The fourth-order valence-corrected chi connectivity index (χ4v) is 6.42. The normalized spacial score (nSPS) is 49.5. The second kappa shape index (κ2) is 6.24. The molecular weight excluding hydrogens is 308 g/mol. The standard InChI is InChI=1S/C18H30N2O4/c21-9-14-17(24)16(23)13(20-14)8-19-15(22)7-18-4-10-1-11(5-18)3-12(2-10)6-18/h10-14,16-17,20-21,23-24H,1-9H2,(H,19,22)/t10?,11?,12?,13-,14+,16+,17-,18?/m0/s1. The van der Waals surface area contributed by atoms with Gasteiger partial charge in [0.25, 0.3) is 0 Å². The molecular formula is C18H30N2O4. The molecule has 0 aromatic rings. The fraction of sp³-hybridized carbons (Fsp3) is 0.944. The van der Waals surface area contributed by atoms with E-state index >= 15 is 0 Å². The van der Waals surface area contributed by atoms with Crippen molar-refractivity contribution in [3.05, 3.63) is 0 Å². The third kappa shape index (κ3) is 2.98. The lowest BCUT2D eigenvalue weighted by Crippen LogP contribution is -2.49. The summed E-state index contributed by atoms with van der Waals surface area (Å²) in [6.45, 7) is 0.0654. The summed E-state index contributed by atoms with van der Waals surface area (Å²) < 4.78 is 0. The summed E-state index contributed by atoms with van der Waals surface area (Å²) in [6.07, 6.45) is 6.41. The number of rotatable bonds is 5. The monoisotopic (exact) mass is 338 g/mol. The first-order chi connectivity index (χ1) is 11.5. The van der Waals surface area contributed by atoms with E-state index in [9.17, 15) is 20.1 Å². The Morgan fingerprint density at radius 2 is 1.54 bits per heavy atom. The number of aliphatic hydroxyl groups excluding tert-OH is 3. The van der Waals surface area contributed by atoms with E-state index in [0.717, 1.165) is 17.8 Å². The van der Waals surface area contributed by atoms with Gasteiger partial charge in [-0.15, -0.1) is 0 Å². The van der Waals surface area contributed by atoms with Crippen LogP contribution in [-0.2, 0) is 4.79 Å². The number of hydrogen-bond donors (Lipinski definition) is 5. The molecule has 6 nitrogen and oxygen atoms in total. The van der Waals surface area contributed by atoms with Crippen molar-refractivity contribution in [1.29, 1.82) is 0 Å². The summed E-state index contributed by atoms with van der Waals surface area (Å²) in [5, 5.41) is 34.9. The fourth-order valence-electron chi connectivity index (χ4n) is 6.42. The zero-order valence-corrected chi connectivity index (χ0v) is 14.2. The zero-order chi connectivity index (χ0) is 16.9. The van der Waals surface area contributed by atoms with E-state index in [0.29, 0.717) is 13.0 Å². The second-order valence-corrected chi connectivity index (χ2v) is 8.94. The molecule has 0 aromatic heterocycles. The van der Waals surface area contributed by atoms with Crippen LogP contribution in [0.1, 0.15) is 44.9 Å². The summed E-state index contributed by atoms with van der Waals surface area (Å²) in [5.41, 5.74) is 0.216. The van der Waals surface area contributed by atoms with Crippen molar-refractivity contribution in [2.75, 3.05) is 13.2 Å². The van der Waals surface area contributed by atoms with Crippen LogP contribution >= 0.6 is 0 Å². The van der Waals surface area contributed by atoms with Crippen LogP contribution in [0.4, 0.5) is 0 Å². The summed E-state index contributed by atoms with van der Waals surface area (Å²) in [5.74, 6) is 2.57. The Labute approximate surface area is 143 Å². The SMILES string of the molecule is O=C(CC12CC3CC(CC(C3)C1)C2)NC[C@@H]1N[C@H](CO)[C@H](O)[C@@H]1O. The molecule has 4 bridgehead atoms. The second-order valence-electron chi connectivity index (χ2n) is 8.94. The molecule has 4 aliphatic carbocycles. The highest BCUT2D eigenvalue weighted by Gasteiger charge is 2.51. The molecule has 24 heavy (non-hydrogen) atoms. The van der Waals surface area contributed by atoms with Crippen molar-refractivity contribution >= 4 is 5.91 Å². The smallest absolute Gasteiger partial charge is 0.220 e. The molecule has 0 spiro atoms. The lowest BCUT2D eigenvalue weighted by molar-refractivity contribution is -0.129. The van der Waals surface area contributed by atoms with E-state index in [1.54, 1.807) is 0 Å². The van der Waals surface area contributed by atoms with Crippen LogP contribution in [0.5, 0.6) is 0 Å².